The molecule has 1 aromatic heterocycles. The number of thiazole rings is 1. The van der Waals surface area contributed by atoms with Crippen LogP contribution in [0.5, 0.6) is 0 Å². The Morgan fingerprint density at radius 3 is 2.86 bits per heavy atom. The van der Waals surface area contributed by atoms with E-state index in [4.69, 9.17) is 16.3 Å². The number of halogens is 1. The molecular weight excluding hydrogens is 640 g/mol. The van der Waals surface area contributed by atoms with Crippen LogP contribution in [0.1, 0.15) is 36.6 Å². The van der Waals surface area contributed by atoms with Crippen LogP contribution < -0.4 is 13.2 Å². The molecule has 2 aliphatic rings. The molecule has 0 radical (unpaired) electrons. The SMILES string of the molecule is CCC(=Cc1sc2c([n+]1CC)[Te]C(OC)C=C2)C=C1Sc2ccc(Cl)cc2N1CCCS(=O)(=O)O. The summed E-state index contributed by atoms with van der Waals surface area (Å²) in [5.74, 6) is -0.273. The molecule has 2 aliphatic heterocycles. The van der Waals surface area contributed by atoms with Crippen LogP contribution in [0.15, 0.2) is 45.8 Å². The van der Waals surface area contributed by atoms with Crippen LogP contribution >= 0.6 is 34.7 Å². The summed E-state index contributed by atoms with van der Waals surface area (Å²) in [4.78, 5) is 4.52. The van der Waals surface area contributed by atoms with Crippen LogP contribution in [-0.4, -0.2) is 57.5 Å². The van der Waals surface area contributed by atoms with E-state index < -0.39 is 31.0 Å². The number of fused-ring (bicyclic) bond motifs is 2. The molecule has 0 bridgehead atoms. The van der Waals surface area contributed by atoms with E-state index >= 15 is 0 Å². The summed E-state index contributed by atoms with van der Waals surface area (Å²) < 4.78 is 41.5. The first-order chi connectivity index (χ1) is 16.7. The molecule has 11 heteroatoms. The van der Waals surface area contributed by atoms with Crippen molar-refractivity contribution >= 4 is 87.3 Å². The molecule has 1 atom stereocenters. The van der Waals surface area contributed by atoms with Gasteiger partial charge >= 0.3 is 219 Å². The third-order valence-electron chi connectivity index (χ3n) is 5.62. The zero-order valence-electron chi connectivity index (χ0n) is 19.7. The van der Waals surface area contributed by atoms with Gasteiger partial charge in [-0.15, -0.1) is 0 Å². The van der Waals surface area contributed by atoms with Crippen molar-refractivity contribution in [2.45, 2.75) is 42.3 Å². The maximum absolute atomic E-state index is 11.3. The number of rotatable bonds is 9. The topological polar surface area (TPSA) is 70.7 Å². The molecular formula is C24H28ClN2O4S3Te+. The van der Waals surface area contributed by atoms with Gasteiger partial charge in [-0.05, 0) is 0 Å². The Hall–Kier alpha value is -0.830. The third kappa shape index (κ3) is 6.54. The van der Waals surface area contributed by atoms with E-state index in [-0.39, 0.29) is 9.90 Å². The first kappa shape index (κ1) is 27.2. The van der Waals surface area contributed by atoms with Crippen LogP contribution in [-0.2, 0) is 21.4 Å². The number of nitrogens with zero attached hydrogens (tertiary/aromatic N) is 2. The van der Waals surface area contributed by atoms with Crippen molar-refractivity contribution < 1.29 is 22.3 Å². The van der Waals surface area contributed by atoms with E-state index in [1.807, 2.05) is 29.5 Å². The Morgan fingerprint density at radius 1 is 1.37 bits per heavy atom. The standard InChI is InChI=1S/C24H27ClN2O4S3Te/c1-4-16(13-21-26(5-2)24-20(33-21)9-10-23(31-3)35-24)14-22-27(11-6-12-34(28,29)30)18-15-17(25)7-8-19(18)32-22/h7-10,13-15,23H,4-6,11-12H2,1-3H3/p+1. The zero-order valence-corrected chi connectivity index (χ0v) is 25.3. The van der Waals surface area contributed by atoms with Crippen molar-refractivity contribution in [2.75, 3.05) is 24.3 Å². The van der Waals surface area contributed by atoms with E-state index in [1.54, 1.807) is 18.9 Å². The van der Waals surface area contributed by atoms with E-state index in [9.17, 15) is 13.0 Å². The molecule has 0 spiro atoms. The summed E-state index contributed by atoms with van der Waals surface area (Å²) in [5.41, 5.74) is 2.16. The first-order valence-corrected chi connectivity index (χ1v) is 17.4. The average Bonchev–Trinajstić information content (AvgIpc) is 3.33. The molecule has 0 fully saturated rings. The Balaban J connectivity index is 1.67. The van der Waals surface area contributed by atoms with Crippen molar-refractivity contribution in [1.29, 1.82) is 0 Å². The summed E-state index contributed by atoms with van der Waals surface area (Å²) in [6.07, 6.45) is 10.0. The van der Waals surface area contributed by atoms with Crippen LogP contribution in [0.25, 0.3) is 12.2 Å². The third-order valence-corrected chi connectivity index (χ3v) is 12.8. The molecule has 3 heterocycles. The number of aromatic nitrogens is 1. The van der Waals surface area contributed by atoms with Crippen molar-refractivity contribution in [1.82, 2.24) is 0 Å². The van der Waals surface area contributed by atoms with Gasteiger partial charge in [-0.2, -0.15) is 8.42 Å². The van der Waals surface area contributed by atoms with E-state index in [1.165, 1.54) is 19.2 Å². The molecule has 0 saturated carbocycles. The van der Waals surface area contributed by atoms with Crippen molar-refractivity contribution in [3.05, 3.63) is 55.9 Å². The number of benzene rings is 1. The predicted molar refractivity (Wildman–Crippen MR) is 147 cm³/mol. The Bertz CT molecular complexity index is 1300. The van der Waals surface area contributed by atoms with Crippen molar-refractivity contribution in [3.63, 3.8) is 0 Å². The maximum atomic E-state index is 11.3. The number of methoxy groups -OCH3 is 1. The second-order valence-electron chi connectivity index (χ2n) is 8.00. The number of hydrogen-bond acceptors (Lipinski definition) is 6. The zero-order chi connectivity index (χ0) is 25.2. The van der Waals surface area contributed by atoms with Crippen molar-refractivity contribution in [2.24, 2.45) is 0 Å². The van der Waals surface area contributed by atoms with Crippen LogP contribution in [0.3, 0.4) is 0 Å². The van der Waals surface area contributed by atoms with Gasteiger partial charge in [0, 0.05) is 0 Å². The van der Waals surface area contributed by atoms with E-state index in [0.717, 1.165) is 28.6 Å². The molecule has 0 amide bonds. The summed E-state index contributed by atoms with van der Waals surface area (Å²) in [6.45, 7) is 5.72. The van der Waals surface area contributed by atoms with Crippen LogP contribution in [0.4, 0.5) is 5.69 Å². The van der Waals surface area contributed by atoms with Gasteiger partial charge < -0.3 is 0 Å². The number of anilines is 1. The summed E-state index contributed by atoms with van der Waals surface area (Å²) in [5, 5.41) is 2.90. The van der Waals surface area contributed by atoms with Gasteiger partial charge in [0.2, 0.25) is 0 Å². The number of hydrogen-bond donors (Lipinski definition) is 1. The smallest absolute Gasteiger partial charge is 0.286 e. The molecule has 1 N–H and O–H groups in total. The normalized spacial score (nSPS) is 18.9. The summed E-state index contributed by atoms with van der Waals surface area (Å²) >= 11 is 9.29. The molecule has 35 heavy (non-hydrogen) atoms. The van der Waals surface area contributed by atoms with Gasteiger partial charge in [0.05, 0.1) is 0 Å². The fraction of sp³-hybridized carbons (Fsp3) is 0.375. The molecule has 0 aliphatic carbocycles. The molecule has 1 unspecified atom stereocenters. The second-order valence-corrected chi connectivity index (χ2v) is 15.2. The summed E-state index contributed by atoms with van der Waals surface area (Å²) in [6, 6.07) is 5.78. The molecule has 188 valence electrons. The molecule has 4 rings (SSSR count). The van der Waals surface area contributed by atoms with Crippen molar-refractivity contribution in [3.8, 4) is 0 Å². The molecule has 1 aromatic carbocycles. The molecule has 6 nitrogen and oxygen atoms in total. The van der Waals surface area contributed by atoms with Gasteiger partial charge in [-0.3, -0.25) is 4.55 Å². The minimum Gasteiger partial charge on any atom is -0.286 e. The first-order valence-electron chi connectivity index (χ1n) is 11.3. The second kappa shape index (κ2) is 11.7. The van der Waals surface area contributed by atoms with E-state index in [0.29, 0.717) is 18.0 Å². The van der Waals surface area contributed by atoms with Gasteiger partial charge in [0.1, 0.15) is 0 Å². The minimum absolute atomic E-state index is 0.237. The fourth-order valence-electron chi connectivity index (χ4n) is 3.90. The van der Waals surface area contributed by atoms with Crippen LogP contribution in [0, 0.1) is 0 Å². The molecule has 2 aromatic rings. The number of ether oxygens (including phenoxy) is 1. The molecule has 0 saturated heterocycles. The minimum atomic E-state index is -4.01. The number of allylic oxidation sites excluding steroid dienone is 2. The quantitative estimate of drug-likeness (QED) is 0.240. The summed E-state index contributed by atoms with van der Waals surface area (Å²) in [7, 11) is -2.23. The Kier molecular flexibility index (Phi) is 9.09. The van der Waals surface area contributed by atoms with Gasteiger partial charge in [0.25, 0.3) is 0 Å². The van der Waals surface area contributed by atoms with E-state index in [2.05, 4.69) is 47.6 Å². The monoisotopic (exact) mass is 669 g/mol. The Morgan fingerprint density at radius 2 is 2.17 bits per heavy atom. The Labute approximate surface area is 230 Å². The van der Waals surface area contributed by atoms with Crippen LogP contribution in [0.2, 0.25) is 5.02 Å². The predicted octanol–water partition coefficient (Wildman–Crippen LogP) is 4.56. The fourth-order valence-corrected chi connectivity index (χ4v) is 10.6. The van der Waals surface area contributed by atoms with Gasteiger partial charge in [-0.1, -0.05) is 0 Å². The van der Waals surface area contributed by atoms with Gasteiger partial charge in [-0.25, -0.2) is 0 Å². The number of thioether (sulfide) groups is 1. The average molecular weight is 668 g/mol. The van der Waals surface area contributed by atoms with Gasteiger partial charge in [0.15, 0.2) is 0 Å².